The minimum atomic E-state index is -0.904. The predicted molar refractivity (Wildman–Crippen MR) is 103 cm³/mol. The number of benzene rings is 4. The van der Waals surface area contributed by atoms with Crippen LogP contribution in [-0.4, -0.2) is 0 Å². The number of rotatable bonds is 3. The van der Waals surface area contributed by atoms with E-state index in [4.69, 9.17) is 24.7 Å². The smallest absolute Gasteiger partial charge is 0.0622 e. The molecule has 0 saturated carbocycles. The van der Waals surface area contributed by atoms with Gasteiger partial charge in [0.15, 0.2) is 0 Å². The van der Waals surface area contributed by atoms with Crippen LogP contribution in [0.3, 0.4) is 0 Å². The maximum atomic E-state index is 8.95. The van der Waals surface area contributed by atoms with Crippen LogP contribution in [0.4, 0.5) is 0 Å². The summed E-state index contributed by atoms with van der Waals surface area (Å²) in [5, 5.41) is 0. The molecule has 4 aromatic carbocycles. The molecule has 0 aliphatic heterocycles. The Hall–Kier alpha value is -3.12. The lowest BCUT2D eigenvalue weighted by Crippen LogP contribution is -1.85. The van der Waals surface area contributed by atoms with Gasteiger partial charge in [-0.15, -0.1) is 0 Å². The van der Waals surface area contributed by atoms with E-state index >= 15 is 0 Å². The lowest BCUT2D eigenvalue weighted by atomic mass is 9.93. The fourth-order valence-electron chi connectivity index (χ4n) is 1.97. The molecule has 0 aliphatic rings. The molecule has 114 valence electrons. The van der Waals surface area contributed by atoms with Crippen LogP contribution in [0.1, 0.15) is 24.7 Å². The van der Waals surface area contributed by atoms with E-state index in [1.165, 1.54) is 0 Å². The van der Waals surface area contributed by atoms with E-state index in [-0.39, 0.29) is 0 Å². The Morgan fingerprint density at radius 1 is 0.333 bits per heavy atom. The molecular weight excluding hydrogens is 288 g/mol. The molecule has 0 atom stereocenters. The Kier molecular flexibility index (Phi) is 1.28. The molecule has 0 bridgehead atoms. The SMILES string of the molecule is [2H]c1c([2H])c([2H])c(-c2c([2H])c(-c3c([2H])c([2H])c([2H])c([2H])c3[2H])c([2H])c(-c3c([2H])c([2H])c([2H])c([2H])c3[2H])c2[2H])c([2H])c1[2H]. The van der Waals surface area contributed by atoms with E-state index in [1.807, 2.05) is 0 Å². The fraction of sp³-hybridized carbons (Fsp3) is 0. The summed E-state index contributed by atoms with van der Waals surface area (Å²) in [6, 6.07) is -15.3. The van der Waals surface area contributed by atoms with Crippen LogP contribution in [0, 0.1) is 0 Å². The van der Waals surface area contributed by atoms with E-state index < -0.39 is 142 Å². The molecule has 0 heteroatoms. The third-order valence-electron chi connectivity index (χ3n) is 3.00. The first-order valence-corrected chi connectivity index (χ1v) is 6.75. The van der Waals surface area contributed by atoms with Gasteiger partial charge in [-0.1, -0.05) is 90.6 Å². The van der Waals surface area contributed by atoms with Crippen molar-refractivity contribution in [3.8, 4) is 33.4 Å². The topological polar surface area (TPSA) is 0 Å². The molecule has 24 heavy (non-hydrogen) atoms. The Labute approximate surface area is 168 Å². The second-order valence-electron chi connectivity index (χ2n) is 4.50. The molecule has 0 aliphatic carbocycles. The Balaban J connectivity index is 2.41. The monoisotopic (exact) mass is 324 g/mol. The Morgan fingerprint density at radius 2 is 0.583 bits per heavy atom. The summed E-state index contributed by atoms with van der Waals surface area (Å²) in [7, 11) is 0. The third-order valence-corrected chi connectivity index (χ3v) is 3.00. The van der Waals surface area contributed by atoms with Gasteiger partial charge in [0.1, 0.15) is 0 Å². The average Bonchev–Trinajstić information content (AvgIpc) is 2.95. The normalized spacial score (nSPS) is 21.0. The highest BCUT2D eigenvalue weighted by molar-refractivity contribution is 5.81. The maximum Gasteiger partial charge on any atom is 0.0636 e. The van der Waals surface area contributed by atoms with Crippen molar-refractivity contribution in [2.75, 3.05) is 0 Å². The van der Waals surface area contributed by atoms with Gasteiger partial charge >= 0.3 is 0 Å². The van der Waals surface area contributed by atoms with E-state index in [9.17, 15) is 0 Å². The highest BCUT2D eigenvalue weighted by Gasteiger charge is 2.06. The van der Waals surface area contributed by atoms with Gasteiger partial charge in [0.25, 0.3) is 0 Å². The fourth-order valence-corrected chi connectivity index (χ4v) is 1.97. The van der Waals surface area contributed by atoms with Crippen molar-refractivity contribution < 1.29 is 24.7 Å². The summed E-state index contributed by atoms with van der Waals surface area (Å²) in [6.07, 6.45) is 0. The van der Waals surface area contributed by atoms with Crippen molar-refractivity contribution in [2.45, 2.75) is 0 Å². The molecular formula is C24H18. The molecule has 0 heterocycles. The highest BCUT2D eigenvalue weighted by atomic mass is 14.1. The molecule has 0 unspecified atom stereocenters. The number of hydrogen-bond donors (Lipinski definition) is 0. The lowest BCUT2D eigenvalue weighted by molar-refractivity contribution is 1.56. The van der Waals surface area contributed by atoms with Gasteiger partial charge in [0.2, 0.25) is 0 Å². The average molecular weight is 325 g/mol. The Bertz CT molecular complexity index is 1540. The van der Waals surface area contributed by atoms with Crippen molar-refractivity contribution in [1.82, 2.24) is 0 Å². The molecule has 0 N–H and O–H groups in total. The van der Waals surface area contributed by atoms with Gasteiger partial charge in [-0.05, 0) is 51.5 Å². The van der Waals surface area contributed by atoms with Crippen molar-refractivity contribution in [3.05, 3.63) is 109 Å². The van der Waals surface area contributed by atoms with Gasteiger partial charge in [-0.3, -0.25) is 0 Å². The van der Waals surface area contributed by atoms with Crippen LogP contribution in [0.25, 0.3) is 33.4 Å². The third kappa shape index (κ3) is 3.00. The second-order valence-corrected chi connectivity index (χ2v) is 4.50. The minimum Gasteiger partial charge on any atom is -0.0622 e. The molecule has 0 amide bonds. The Morgan fingerprint density at radius 3 is 0.833 bits per heavy atom. The number of hydrogen-bond acceptors (Lipinski definition) is 0. The first-order valence-electron chi connectivity index (χ1n) is 15.8. The summed E-state index contributed by atoms with van der Waals surface area (Å²) in [5.41, 5.74) is -4.28. The van der Waals surface area contributed by atoms with Gasteiger partial charge in [-0.25, -0.2) is 0 Å². The van der Waals surface area contributed by atoms with E-state index in [1.54, 1.807) is 0 Å². The van der Waals surface area contributed by atoms with Crippen LogP contribution < -0.4 is 0 Å². The zero-order chi connectivity index (χ0) is 31.9. The van der Waals surface area contributed by atoms with Gasteiger partial charge in [-0.2, -0.15) is 0 Å². The summed E-state index contributed by atoms with van der Waals surface area (Å²) in [5.74, 6) is 0. The summed E-state index contributed by atoms with van der Waals surface area (Å²) >= 11 is 0. The molecule has 0 spiro atoms. The van der Waals surface area contributed by atoms with Crippen LogP contribution in [0.2, 0.25) is 0 Å². The van der Waals surface area contributed by atoms with Crippen molar-refractivity contribution in [2.24, 2.45) is 0 Å². The molecule has 0 saturated heterocycles. The first-order chi connectivity index (χ1) is 19.4. The standard InChI is InChI=1S/C24H18/c1-4-10-19(11-5-1)22-16-23(20-12-6-2-7-13-20)18-24(17-22)21-14-8-3-9-15-21/h1-18H/i1D,2D,3D,4D,5D,6D,7D,8D,9D,10D,11D,12D,13D,14D,15D,16D,17D,18D. The largest absolute Gasteiger partial charge is 0.0636 e. The van der Waals surface area contributed by atoms with Crippen LogP contribution in [0.15, 0.2) is 109 Å². The van der Waals surface area contributed by atoms with Crippen molar-refractivity contribution >= 4 is 0 Å². The van der Waals surface area contributed by atoms with Crippen LogP contribution >= 0.6 is 0 Å². The summed E-state index contributed by atoms with van der Waals surface area (Å²) in [6.45, 7) is 0. The van der Waals surface area contributed by atoms with E-state index in [0.717, 1.165) is 0 Å². The summed E-state index contributed by atoms with van der Waals surface area (Å²) in [4.78, 5) is 0. The molecule has 4 aromatic rings. The van der Waals surface area contributed by atoms with Crippen molar-refractivity contribution in [3.63, 3.8) is 0 Å². The quantitative estimate of drug-likeness (QED) is 0.394. The van der Waals surface area contributed by atoms with Gasteiger partial charge < -0.3 is 0 Å². The minimum absolute atomic E-state index is 0.696. The predicted octanol–water partition coefficient (Wildman–Crippen LogP) is 6.69. The zero-order valence-corrected chi connectivity index (χ0v) is 12.0. The van der Waals surface area contributed by atoms with Crippen LogP contribution in [-0.2, 0) is 0 Å². The zero-order valence-electron chi connectivity index (χ0n) is 30.0. The highest BCUT2D eigenvalue weighted by Crippen LogP contribution is 2.32. The van der Waals surface area contributed by atoms with E-state index in [0.29, 0.717) is 0 Å². The van der Waals surface area contributed by atoms with E-state index in [2.05, 4.69) is 0 Å². The lowest BCUT2D eigenvalue weighted by Gasteiger charge is -2.11. The van der Waals surface area contributed by atoms with Crippen LogP contribution in [0.5, 0.6) is 0 Å². The first kappa shape index (κ1) is 4.70. The summed E-state index contributed by atoms with van der Waals surface area (Å²) < 4.78 is 150. The molecule has 4 rings (SSSR count). The van der Waals surface area contributed by atoms with Crippen molar-refractivity contribution in [1.29, 1.82) is 0 Å². The van der Waals surface area contributed by atoms with Gasteiger partial charge in [0, 0.05) is 0 Å². The second kappa shape index (κ2) is 6.55. The molecule has 0 aromatic heterocycles. The molecule has 0 radical (unpaired) electrons. The maximum absolute atomic E-state index is 8.95. The molecule has 0 nitrogen and oxygen atoms in total. The van der Waals surface area contributed by atoms with Gasteiger partial charge in [0.05, 0.1) is 24.7 Å². The molecule has 0 fully saturated rings.